The summed E-state index contributed by atoms with van der Waals surface area (Å²) in [5, 5.41) is 0. The highest BCUT2D eigenvalue weighted by Gasteiger charge is 1.97. The Hall–Kier alpha value is -1.84. The lowest BCUT2D eigenvalue weighted by Gasteiger charge is -2.02. The number of esters is 2. The van der Waals surface area contributed by atoms with E-state index in [-0.39, 0.29) is 20.6 Å². The highest BCUT2D eigenvalue weighted by atomic mass is 16.5. The summed E-state index contributed by atoms with van der Waals surface area (Å²) in [5.41, 5.74) is 0.794. The van der Waals surface area contributed by atoms with Crippen molar-refractivity contribution in [1.29, 1.82) is 0 Å². The third-order valence-corrected chi connectivity index (χ3v) is 1.43. The Morgan fingerprint density at radius 3 is 2.12 bits per heavy atom. The molecule has 16 heavy (non-hydrogen) atoms. The van der Waals surface area contributed by atoms with Crippen LogP contribution in [0.4, 0.5) is 0 Å². The van der Waals surface area contributed by atoms with E-state index in [1.165, 1.54) is 0 Å². The Balaban J connectivity index is 0. The van der Waals surface area contributed by atoms with Gasteiger partial charge in [-0.25, -0.2) is 9.59 Å². The lowest BCUT2D eigenvalue weighted by Crippen LogP contribution is -2.04. The highest BCUT2D eigenvalue weighted by molar-refractivity contribution is 5.81. The Kier molecular flexibility index (Phi) is 10.1. The van der Waals surface area contributed by atoms with Gasteiger partial charge >= 0.3 is 11.9 Å². The summed E-state index contributed by atoms with van der Waals surface area (Å²) in [6.07, 6.45) is 3.82. The molecule has 0 N–H and O–H groups in total. The standard InChI is InChI=1S/C11H14O4.CH4/c1-4-10(12)14-7-6-9(3)8-15-11(13)5-2;/h4-6H,1-2,7-8H2,3H3;1H4/b9-6+;. The maximum absolute atomic E-state index is 10.7. The third-order valence-electron chi connectivity index (χ3n) is 1.43. The summed E-state index contributed by atoms with van der Waals surface area (Å²) in [6, 6.07) is 0. The monoisotopic (exact) mass is 226 g/mol. The fraction of sp³-hybridized carbons (Fsp3) is 0.333. The number of carbonyl (C=O) groups is 2. The molecule has 0 fully saturated rings. The van der Waals surface area contributed by atoms with Crippen LogP contribution in [0, 0.1) is 0 Å². The zero-order valence-electron chi connectivity index (χ0n) is 8.69. The predicted octanol–water partition coefficient (Wildman–Crippen LogP) is 2.03. The second-order valence-electron chi connectivity index (χ2n) is 2.70. The fourth-order valence-electron chi connectivity index (χ4n) is 0.628. The number of rotatable bonds is 6. The van der Waals surface area contributed by atoms with E-state index in [1.807, 2.05) is 0 Å². The van der Waals surface area contributed by atoms with Gasteiger partial charge in [0, 0.05) is 12.2 Å². The van der Waals surface area contributed by atoms with Crippen LogP contribution in [0.25, 0.3) is 0 Å². The first kappa shape index (κ1) is 16.6. The van der Waals surface area contributed by atoms with Crippen LogP contribution in [-0.4, -0.2) is 25.2 Å². The maximum atomic E-state index is 10.7. The molecule has 0 saturated carbocycles. The lowest BCUT2D eigenvalue weighted by atomic mass is 10.3. The molecular weight excluding hydrogens is 208 g/mol. The topological polar surface area (TPSA) is 52.6 Å². The molecule has 0 aliphatic carbocycles. The molecule has 0 atom stereocenters. The molecule has 0 bridgehead atoms. The minimum Gasteiger partial charge on any atom is -0.458 e. The van der Waals surface area contributed by atoms with Crippen LogP contribution in [0.3, 0.4) is 0 Å². The van der Waals surface area contributed by atoms with E-state index in [9.17, 15) is 9.59 Å². The normalized spacial score (nSPS) is 9.69. The first-order valence-electron chi connectivity index (χ1n) is 4.34. The van der Waals surface area contributed by atoms with Crippen molar-refractivity contribution in [3.8, 4) is 0 Å². The molecule has 0 aliphatic rings. The molecular formula is C12H18O4. The van der Waals surface area contributed by atoms with E-state index in [1.54, 1.807) is 13.0 Å². The van der Waals surface area contributed by atoms with Gasteiger partial charge in [0.1, 0.15) is 13.2 Å². The van der Waals surface area contributed by atoms with E-state index in [0.29, 0.717) is 0 Å². The van der Waals surface area contributed by atoms with Gasteiger partial charge in [-0.3, -0.25) is 0 Å². The van der Waals surface area contributed by atoms with E-state index >= 15 is 0 Å². The van der Waals surface area contributed by atoms with Crippen molar-refractivity contribution >= 4 is 11.9 Å². The summed E-state index contributed by atoms with van der Waals surface area (Å²) < 4.78 is 9.45. The van der Waals surface area contributed by atoms with Gasteiger partial charge in [-0.2, -0.15) is 0 Å². The average molecular weight is 226 g/mol. The Morgan fingerprint density at radius 1 is 1.12 bits per heavy atom. The second-order valence-corrected chi connectivity index (χ2v) is 2.70. The molecule has 4 nitrogen and oxygen atoms in total. The molecule has 0 saturated heterocycles. The molecule has 0 unspecified atom stereocenters. The quantitative estimate of drug-likeness (QED) is 0.395. The molecule has 0 aromatic heterocycles. The average Bonchev–Trinajstić information content (AvgIpc) is 2.25. The molecule has 0 aromatic carbocycles. The number of hydrogen-bond donors (Lipinski definition) is 0. The van der Waals surface area contributed by atoms with E-state index in [4.69, 9.17) is 9.47 Å². The predicted molar refractivity (Wildman–Crippen MR) is 62.8 cm³/mol. The summed E-state index contributed by atoms with van der Waals surface area (Å²) >= 11 is 0. The zero-order valence-corrected chi connectivity index (χ0v) is 8.69. The third kappa shape index (κ3) is 8.74. The summed E-state index contributed by atoms with van der Waals surface area (Å²) in [7, 11) is 0. The van der Waals surface area contributed by atoms with Gasteiger partial charge in [-0.05, 0) is 18.6 Å². The van der Waals surface area contributed by atoms with Crippen molar-refractivity contribution < 1.29 is 19.1 Å². The number of carbonyl (C=O) groups excluding carboxylic acids is 2. The van der Waals surface area contributed by atoms with Gasteiger partial charge in [-0.1, -0.05) is 20.6 Å². The first-order valence-corrected chi connectivity index (χ1v) is 4.34. The summed E-state index contributed by atoms with van der Waals surface area (Å²) in [5.74, 6) is -0.965. The van der Waals surface area contributed by atoms with Gasteiger partial charge in [0.2, 0.25) is 0 Å². The van der Waals surface area contributed by atoms with Gasteiger partial charge in [0.25, 0.3) is 0 Å². The van der Waals surface area contributed by atoms with Gasteiger partial charge in [-0.15, -0.1) is 0 Å². The van der Waals surface area contributed by atoms with E-state index in [2.05, 4.69) is 13.2 Å². The van der Waals surface area contributed by atoms with Gasteiger partial charge in [0.15, 0.2) is 0 Å². The highest BCUT2D eigenvalue weighted by Crippen LogP contribution is 1.95. The molecule has 0 radical (unpaired) electrons. The van der Waals surface area contributed by atoms with Crippen LogP contribution in [0.2, 0.25) is 0 Å². The lowest BCUT2D eigenvalue weighted by molar-refractivity contribution is -0.138. The maximum Gasteiger partial charge on any atom is 0.330 e. The van der Waals surface area contributed by atoms with Crippen LogP contribution < -0.4 is 0 Å². The van der Waals surface area contributed by atoms with Crippen molar-refractivity contribution in [1.82, 2.24) is 0 Å². The summed E-state index contributed by atoms with van der Waals surface area (Å²) in [6.45, 7) is 8.58. The largest absolute Gasteiger partial charge is 0.458 e. The van der Waals surface area contributed by atoms with Crippen molar-refractivity contribution in [2.24, 2.45) is 0 Å². The Bertz CT molecular complexity index is 289. The Labute approximate surface area is 96.2 Å². The molecule has 0 rings (SSSR count). The summed E-state index contributed by atoms with van der Waals surface area (Å²) in [4.78, 5) is 21.3. The zero-order chi connectivity index (χ0) is 11.7. The molecule has 90 valence electrons. The number of ether oxygens (including phenoxy) is 2. The first-order chi connectivity index (χ1) is 7.10. The minimum atomic E-state index is -0.484. The van der Waals surface area contributed by atoms with Crippen LogP contribution in [0.5, 0.6) is 0 Å². The minimum absolute atomic E-state index is 0. The van der Waals surface area contributed by atoms with Crippen LogP contribution in [0.1, 0.15) is 14.4 Å². The Morgan fingerprint density at radius 2 is 1.62 bits per heavy atom. The van der Waals surface area contributed by atoms with E-state index < -0.39 is 11.9 Å². The number of hydrogen-bond acceptors (Lipinski definition) is 4. The SMILES string of the molecule is C.C=CC(=O)OC/C=C(\C)COC(=O)C=C. The molecule has 0 aromatic rings. The second kappa shape index (κ2) is 9.71. The van der Waals surface area contributed by atoms with Crippen LogP contribution >= 0.6 is 0 Å². The molecule has 0 spiro atoms. The molecule has 0 aliphatic heterocycles. The smallest absolute Gasteiger partial charge is 0.330 e. The molecule has 4 heteroatoms. The van der Waals surface area contributed by atoms with Crippen LogP contribution in [0.15, 0.2) is 37.0 Å². The van der Waals surface area contributed by atoms with Crippen molar-refractivity contribution in [3.63, 3.8) is 0 Å². The van der Waals surface area contributed by atoms with Crippen LogP contribution in [-0.2, 0) is 19.1 Å². The molecule has 0 amide bonds. The van der Waals surface area contributed by atoms with Crippen molar-refractivity contribution in [2.75, 3.05) is 13.2 Å². The van der Waals surface area contributed by atoms with E-state index in [0.717, 1.165) is 17.7 Å². The fourth-order valence-corrected chi connectivity index (χ4v) is 0.628. The molecule has 0 heterocycles. The van der Waals surface area contributed by atoms with Gasteiger partial charge in [0.05, 0.1) is 0 Å². The van der Waals surface area contributed by atoms with Gasteiger partial charge < -0.3 is 9.47 Å². The van der Waals surface area contributed by atoms with Crippen molar-refractivity contribution in [3.05, 3.63) is 37.0 Å². The van der Waals surface area contributed by atoms with Crippen molar-refractivity contribution in [2.45, 2.75) is 14.4 Å².